The lowest BCUT2D eigenvalue weighted by Crippen LogP contribution is -2.47. The smallest absolute Gasteiger partial charge is 0.326 e. The molecule has 8 atom stereocenters. The number of halogens is 1. The van der Waals surface area contributed by atoms with Gasteiger partial charge in [-0.1, -0.05) is 55.0 Å². The normalized spacial score (nSPS) is 28.2. The summed E-state index contributed by atoms with van der Waals surface area (Å²) < 4.78 is 6.11. The van der Waals surface area contributed by atoms with Gasteiger partial charge in [-0.2, -0.15) is 0 Å². The van der Waals surface area contributed by atoms with Crippen LogP contribution in [-0.2, 0) is 19.2 Å². The Morgan fingerprint density at radius 3 is 2.46 bits per heavy atom. The zero-order valence-corrected chi connectivity index (χ0v) is 27.4. The number of aromatic nitrogens is 1. The fourth-order valence-corrected chi connectivity index (χ4v) is 11.2. The molecule has 7 unspecified atom stereocenters. The number of aromatic amines is 1. The average Bonchev–Trinajstić information content (AvgIpc) is 3.75. The maximum atomic E-state index is 14.0. The summed E-state index contributed by atoms with van der Waals surface area (Å²) in [7, 11) is 0. The monoisotopic (exact) mass is 681 g/mol. The minimum atomic E-state index is -1.19. The minimum Gasteiger partial charge on any atom is -0.483 e. The highest BCUT2D eigenvalue weighted by Crippen LogP contribution is 2.69. The van der Waals surface area contributed by atoms with Gasteiger partial charge in [0.25, 0.3) is 5.91 Å². The van der Waals surface area contributed by atoms with Crippen molar-refractivity contribution in [2.45, 2.75) is 48.9 Å². The van der Waals surface area contributed by atoms with Crippen LogP contribution in [-0.4, -0.2) is 56.6 Å². The summed E-state index contributed by atoms with van der Waals surface area (Å²) in [5.41, 5.74) is 1.38. The van der Waals surface area contributed by atoms with Crippen LogP contribution in [0.3, 0.4) is 0 Å². The molecule has 10 nitrogen and oxygen atoms in total. The van der Waals surface area contributed by atoms with Gasteiger partial charge in [-0.25, -0.2) is 4.79 Å². The fraction of sp³-hybridized carbons (Fsp3) is 0.424. The van der Waals surface area contributed by atoms with Crippen LogP contribution in [0.4, 0.5) is 5.69 Å². The molecule has 0 radical (unpaired) electrons. The standard InChI is InChI=1S/C33H32ClN3O7S2/c1-14(2)11-20(32(41)42)37-30(39)25-18-12-19(26(25)31(37)40)27-24(18)23(28-29(45-27)36-33(43)46-28)17-5-3-4-6-21(17)44-13-22(38)35-16-9-7-15(34)8-10-16/h3-10,14,18-20,23-27H,11-13H2,1-2H3,(H,35,38)(H,36,43)(H,41,42)/t18?,19?,20?,23-,24?,25?,26?,27?/m1/s1. The molecule has 1 saturated heterocycles. The van der Waals surface area contributed by atoms with Gasteiger partial charge in [0, 0.05) is 32.3 Å². The number of nitrogens with one attached hydrogen (secondary N) is 2. The Bertz CT molecular complexity index is 1790. The first-order valence-corrected chi connectivity index (χ1v) is 17.4. The van der Waals surface area contributed by atoms with Crippen molar-refractivity contribution in [3.05, 3.63) is 73.7 Å². The van der Waals surface area contributed by atoms with Gasteiger partial charge in [0.2, 0.25) is 11.8 Å². The van der Waals surface area contributed by atoms with Gasteiger partial charge in [-0.05, 0) is 66.8 Å². The number of nitrogens with zero attached hydrogens (tertiary/aromatic N) is 1. The van der Waals surface area contributed by atoms with Crippen LogP contribution in [0.15, 0.2) is 58.4 Å². The van der Waals surface area contributed by atoms with Gasteiger partial charge in [0.1, 0.15) is 11.8 Å². The maximum Gasteiger partial charge on any atom is 0.326 e. The molecule has 3 N–H and O–H groups in total. The molecule has 1 aromatic heterocycles. The van der Waals surface area contributed by atoms with Gasteiger partial charge in [0.15, 0.2) is 6.61 Å². The number of fused-ring (bicyclic) bond motifs is 9. The van der Waals surface area contributed by atoms with Crippen molar-refractivity contribution in [2.24, 2.45) is 35.5 Å². The number of amides is 3. The minimum absolute atomic E-state index is 0.0148. The van der Waals surface area contributed by atoms with Crippen LogP contribution >= 0.6 is 34.7 Å². The number of H-pyrrole nitrogens is 1. The van der Waals surface area contributed by atoms with Crippen molar-refractivity contribution in [1.29, 1.82) is 0 Å². The first-order valence-electron chi connectivity index (χ1n) is 15.3. The average molecular weight is 682 g/mol. The summed E-state index contributed by atoms with van der Waals surface area (Å²) in [6.45, 7) is 3.50. The molecule has 240 valence electrons. The van der Waals surface area contributed by atoms with E-state index < -0.39 is 29.8 Å². The molecule has 46 heavy (non-hydrogen) atoms. The number of carboxylic acid groups (broad SMARTS) is 1. The molecule has 13 heteroatoms. The largest absolute Gasteiger partial charge is 0.483 e. The molecule has 3 fully saturated rings. The van der Waals surface area contributed by atoms with Crippen LogP contribution in [0.2, 0.25) is 5.02 Å². The molecule has 2 aliphatic carbocycles. The maximum absolute atomic E-state index is 14.0. The van der Waals surface area contributed by atoms with Gasteiger partial charge in [0.05, 0.1) is 16.9 Å². The summed E-state index contributed by atoms with van der Waals surface area (Å²) >= 11 is 8.64. The van der Waals surface area contributed by atoms with E-state index in [4.69, 9.17) is 16.3 Å². The molecular formula is C33H32ClN3O7S2. The first kappa shape index (κ1) is 31.0. The van der Waals surface area contributed by atoms with Gasteiger partial charge in [-0.15, -0.1) is 11.8 Å². The Morgan fingerprint density at radius 1 is 1.07 bits per heavy atom. The van der Waals surface area contributed by atoms with Gasteiger partial charge in [-0.3, -0.25) is 24.1 Å². The lowest BCUT2D eigenvalue weighted by molar-refractivity contribution is -0.156. The number of para-hydroxylation sites is 1. The molecule has 3 heterocycles. The van der Waals surface area contributed by atoms with Crippen molar-refractivity contribution in [1.82, 2.24) is 9.88 Å². The third-order valence-electron chi connectivity index (χ3n) is 9.79. The number of hydrogen-bond donors (Lipinski definition) is 3. The summed E-state index contributed by atoms with van der Waals surface area (Å²) in [4.78, 5) is 70.3. The Balaban J connectivity index is 1.21. The Labute approximate surface area is 277 Å². The molecule has 4 aliphatic rings. The number of likely N-dealkylation sites (tertiary alicyclic amines) is 1. The molecular weight excluding hydrogens is 650 g/mol. The van der Waals surface area contributed by atoms with Crippen molar-refractivity contribution in [3.8, 4) is 5.75 Å². The van der Waals surface area contributed by atoms with Crippen molar-refractivity contribution in [2.75, 3.05) is 11.9 Å². The number of rotatable bonds is 9. The number of hydrogen-bond acceptors (Lipinski definition) is 8. The topological polar surface area (TPSA) is 146 Å². The first-order chi connectivity index (χ1) is 22.0. The quantitative estimate of drug-likeness (QED) is 0.265. The predicted molar refractivity (Wildman–Crippen MR) is 173 cm³/mol. The number of anilines is 1. The number of carboxylic acids is 1. The number of aliphatic carboxylic acids is 1. The molecule has 7 rings (SSSR count). The third-order valence-corrected chi connectivity index (χ3v) is 12.6. The van der Waals surface area contributed by atoms with Gasteiger partial charge < -0.3 is 20.1 Å². The molecule has 2 bridgehead atoms. The van der Waals surface area contributed by atoms with Gasteiger partial charge >= 0.3 is 10.8 Å². The number of carbonyl (C=O) groups is 4. The summed E-state index contributed by atoms with van der Waals surface area (Å²) in [6, 6.07) is 13.0. The Kier molecular flexibility index (Phi) is 8.01. The van der Waals surface area contributed by atoms with E-state index in [1.54, 1.807) is 42.1 Å². The zero-order valence-electron chi connectivity index (χ0n) is 25.0. The number of imide groups is 1. The van der Waals surface area contributed by atoms with E-state index in [0.29, 0.717) is 22.9 Å². The summed E-state index contributed by atoms with van der Waals surface area (Å²) in [6.07, 6.45) is 0.869. The van der Waals surface area contributed by atoms with E-state index in [1.165, 1.54) is 0 Å². The number of thioether (sulfide) groups is 1. The van der Waals surface area contributed by atoms with E-state index >= 15 is 0 Å². The van der Waals surface area contributed by atoms with E-state index in [9.17, 15) is 29.1 Å². The Morgan fingerprint density at radius 2 is 1.76 bits per heavy atom. The molecule has 2 aromatic carbocycles. The molecule has 3 amide bonds. The number of carbonyl (C=O) groups excluding carboxylic acids is 3. The highest BCUT2D eigenvalue weighted by atomic mass is 35.5. The Hall–Kier alpha value is -3.61. The lowest BCUT2D eigenvalue weighted by atomic mass is 9.68. The van der Waals surface area contributed by atoms with Crippen LogP contribution in [0.25, 0.3) is 0 Å². The van der Waals surface area contributed by atoms with E-state index in [1.807, 2.05) is 32.0 Å². The molecule has 0 spiro atoms. The highest BCUT2D eigenvalue weighted by Gasteiger charge is 2.70. The second-order valence-electron chi connectivity index (χ2n) is 12.9. The molecule has 3 aromatic rings. The predicted octanol–water partition coefficient (Wildman–Crippen LogP) is 5.08. The SMILES string of the molecule is CC(C)CC(C(=O)O)N1C(=O)C2C3CC(C2C1=O)C1C3Sc2[nH]c(=O)sc2[C@@H]1c1ccccc1OCC(=O)Nc1ccc(Cl)cc1. The number of benzene rings is 2. The van der Waals surface area contributed by atoms with E-state index in [2.05, 4.69) is 10.3 Å². The zero-order chi connectivity index (χ0) is 32.4. The van der Waals surface area contributed by atoms with Crippen LogP contribution < -0.4 is 14.9 Å². The van der Waals surface area contributed by atoms with Crippen LogP contribution in [0.1, 0.15) is 43.0 Å². The summed E-state index contributed by atoms with van der Waals surface area (Å²) in [5.74, 6) is -3.74. The molecule has 2 aliphatic heterocycles. The molecule has 2 saturated carbocycles. The third kappa shape index (κ3) is 5.14. The second-order valence-corrected chi connectivity index (χ2v) is 15.5. The second kappa shape index (κ2) is 11.9. The highest BCUT2D eigenvalue weighted by molar-refractivity contribution is 8.00. The van der Waals surface area contributed by atoms with E-state index in [-0.39, 0.29) is 64.6 Å². The number of thiazole rings is 1. The lowest BCUT2D eigenvalue weighted by Gasteiger charge is -2.43. The van der Waals surface area contributed by atoms with Crippen molar-refractivity contribution < 1.29 is 29.0 Å². The summed E-state index contributed by atoms with van der Waals surface area (Å²) in [5, 5.41) is 14.1. The van der Waals surface area contributed by atoms with Crippen molar-refractivity contribution in [3.63, 3.8) is 0 Å². The van der Waals surface area contributed by atoms with Crippen LogP contribution in [0, 0.1) is 35.5 Å². The number of ether oxygens (including phenoxy) is 1. The van der Waals surface area contributed by atoms with E-state index in [0.717, 1.165) is 31.7 Å². The fourth-order valence-electron chi connectivity index (χ4n) is 8.20. The van der Waals surface area contributed by atoms with Crippen molar-refractivity contribution >= 4 is 64.1 Å². The van der Waals surface area contributed by atoms with Crippen LogP contribution in [0.5, 0.6) is 5.75 Å².